The summed E-state index contributed by atoms with van der Waals surface area (Å²) in [6, 6.07) is 0.177. The van der Waals surface area contributed by atoms with E-state index in [9.17, 15) is 0 Å². The van der Waals surface area contributed by atoms with E-state index in [2.05, 4.69) is 15.5 Å². The largest absolute Gasteiger partial charge is 0.383 e. The average Bonchev–Trinajstić information content (AvgIpc) is 2.76. The summed E-state index contributed by atoms with van der Waals surface area (Å²) in [5.74, 6) is 1.17. The van der Waals surface area contributed by atoms with Gasteiger partial charge in [-0.15, -0.1) is 0 Å². The first-order chi connectivity index (χ1) is 7.71. The Labute approximate surface area is 95.3 Å². The third-order valence-corrected chi connectivity index (χ3v) is 2.40. The number of nitrogens with zero attached hydrogens (tertiary/aromatic N) is 2. The number of hydrogen-bond acceptors (Lipinski definition) is 6. The summed E-state index contributed by atoms with van der Waals surface area (Å²) < 4.78 is 15.3. The van der Waals surface area contributed by atoms with Crippen LogP contribution in [0.5, 0.6) is 0 Å². The number of ether oxygens (including phenoxy) is 2. The van der Waals surface area contributed by atoms with E-state index < -0.39 is 0 Å². The van der Waals surface area contributed by atoms with Gasteiger partial charge in [-0.2, -0.15) is 4.98 Å². The second-order valence-electron chi connectivity index (χ2n) is 3.57. The van der Waals surface area contributed by atoms with Crippen LogP contribution in [0, 0.1) is 0 Å². The van der Waals surface area contributed by atoms with Crippen LogP contribution in [0.1, 0.15) is 24.7 Å². The van der Waals surface area contributed by atoms with Gasteiger partial charge in [-0.25, -0.2) is 0 Å². The Balaban J connectivity index is 2.56. The normalized spacial score (nSPS) is 15.0. The minimum atomic E-state index is -0.145. The summed E-state index contributed by atoms with van der Waals surface area (Å²) in [4.78, 5) is 4.25. The van der Waals surface area contributed by atoms with Gasteiger partial charge in [0.2, 0.25) is 5.89 Å². The molecule has 1 aromatic heterocycles. The van der Waals surface area contributed by atoms with E-state index in [1.54, 1.807) is 14.2 Å². The predicted octanol–water partition coefficient (Wildman–Crippen LogP) is 0.554. The van der Waals surface area contributed by atoms with E-state index in [1.807, 2.05) is 14.0 Å². The molecule has 0 amide bonds. The molecular formula is C10H19N3O3. The van der Waals surface area contributed by atoms with Gasteiger partial charge < -0.3 is 19.3 Å². The molecule has 0 aliphatic rings. The minimum absolute atomic E-state index is 0.145. The summed E-state index contributed by atoms with van der Waals surface area (Å²) in [5, 5.41) is 6.97. The van der Waals surface area contributed by atoms with Gasteiger partial charge in [0.05, 0.1) is 6.61 Å². The van der Waals surface area contributed by atoms with E-state index in [1.165, 1.54) is 0 Å². The van der Waals surface area contributed by atoms with Gasteiger partial charge in [-0.1, -0.05) is 5.16 Å². The third kappa shape index (κ3) is 3.55. The molecule has 0 saturated heterocycles. The van der Waals surface area contributed by atoms with Crippen LogP contribution in [0.2, 0.25) is 0 Å². The number of nitrogens with one attached hydrogen (secondary N) is 1. The van der Waals surface area contributed by atoms with Crippen molar-refractivity contribution in [2.24, 2.45) is 0 Å². The van der Waals surface area contributed by atoms with Gasteiger partial charge in [0.15, 0.2) is 5.82 Å². The van der Waals surface area contributed by atoms with Crippen LogP contribution in [0.25, 0.3) is 0 Å². The lowest BCUT2D eigenvalue weighted by Crippen LogP contribution is -2.32. The number of likely N-dealkylation sites (N-methyl/N-ethyl adjacent to an activating group) is 1. The van der Waals surface area contributed by atoms with Crippen molar-refractivity contribution in [3.8, 4) is 0 Å². The van der Waals surface area contributed by atoms with Crippen molar-refractivity contribution >= 4 is 0 Å². The molecule has 0 aliphatic carbocycles. The van der Waals surface area contributed by atoms with Crippen LogP contribution >= 0.6 is 0 Å². The first kappa shape index (κ1) is 13.1. The second kappa shape index (κ2) is 6.57. The summed E-state index contributed by atoms with van der Waals surface area (Å²) in [7, 11) is 5.15. The van der Waals surface area contributed by atoms with E-state index >= 15 is 0 Å². The highest BCUT2D eigenvalue weighted by Crippen LogP contribution is 2.12. The molecule has 2 unspecified atom stereocenters. The van der Waals surface area contributed by atoms with Crippen LogP contribution in [0.4, 0.5) is 0 Å². The highest BCUT2D eigenvalue weighted by molar-refractivity contribution is 4.92. The van der Waals surface area contributed by atoms with Crippen molar-refractivity contribution in [1.29, 1.82) is 0 Å². The van der Waals surface area contributed by atoms with Crippen LogP contribution in [-0.2, 0) is 15.9 Å². The highest BCUT2D eigenvalue weighted by atomic mass is 16.5. The first-order valence-electron chi connectivity index (χ1n) is 5.22. The maximum absolute atomic E-state index is 5.13. The maximum atomic E-state index is 5.13. The smallest absolute Gasteiger partial charge is 0.228 e. The molecular weight excluding hydrogens is 210 g/mol. The standard InChI is InChI=1S/C10H19N3O3/c1-7(15-4)10-12-9(16-13-10)5-8(11-2)6-14-3/h7-8,11H,5-6H2,1-4H3. The van der Waals surface area contributed by atoms with Crippen LogP contribution in [0.3, 0.4) is 0 Å². The van der Waals surface area contributed by atoms with Crippen molar-refractivity contribution in [2.75, 3.05) is 27.9 Å². The Morgan fingerprint density at radius 3 is 2.75 bits per heavy atom. The lowest BCUT2D eigenvalue weighted by atomic mass is 10.2. The van der Waals surface area contributed by atoms with Crippen LogP contribution in [-0.4, -0.2) is 44.1 Å². The zero-order valence-corrected chi connectivity index (χ0v) is 10.2. The van der Waals surface area contributed by atoms with Gasteiger partial charge >= 0.3 is 0 Å². The van der Waals surface area contributed by atoms with Gasteiger partial charge in [0.25, 0.3) is 0 Å². The molecule has 0 fully saturated rings. The summed E-state index contributed by atoms with van der Waals surface area (Å²) in [6.07, 6.45) is 0.501. The fourth-order valence-electron chi connectivity index (χ4n) is 1.28. The summed E-state index contributed by atoms with van der Waals surface area (Å²) in [6.45, 7) is 2.48. The summed E-state index contributed by atoms with van der Waals surface area (Å²) in [5.41, 5.74) is 0. The monoisotopic (exact) mass is 229 g/mol. The Hall–Kier alpha value is -0.980. The number of hydrogen-bond donors (Lipinski definition) is 1. The van der Waals surface area contributed by atoms with Gasteiger partial charge in [0, 0.05) is 26.7 Å². The number of methoxy groups -OCH3 is 2. The molecule has 6 nitrogen and oxygen atoms in total. The molecule has 0 aromatic carbocycles. The molecule has 1 aromatic rings. The average molecular weight is 229 g/mol. The lowest BCUT2D eigenvalue weighted by Gasteiger charge is -2.11. The topological polar surface area (TPSA) is 69.4 Å². The van der Waals surface area contributed by atoms with E-state index in [4.69, 9.17) is 14.0 Å². The maximum Gasteiger partial charge on any atom is 0.228 e. The van der Waals surface area contributed by atoms with Gasteiger partial charge in [-0.05, 0) is 14.0 Å². The SMILES string of the molecule is CNC(COC)Cc1nc(C(C)OC)no1. The minimum Gasteiger partial charge on any atom is -0.383 e. The molecule has 1 N–H and O–H groups in total. The number of rotatable bonds is 7. The zero-order valence-electron chi connectivity index (χ0n) is 10.2. The Morgan fingerprint density at radius 2 is 2.19 bits per heavy atom. The van der Waals surface area contributed by atoms with Crippen LogP contribution < -0.4 is 5.32 Å². The first-order valence-corrected chi connectivity index (χ1v) is 5.22. The van der Waals surface area contributed by atoms with E-state index in [0.717, 1.165) is 0 Å². The predicted molar refractivity (Wildman–Crippen MR) is 58.1 cm³/mol. The van der Waals surface area contributed by atoms with Crippen molar-refractivity contribution < 1.29 is 14.0 Å². The van der Waals surface area contributed by atoms with E-state index in [0.29, 0.717) is 24.7 Å². The Kier molecular flexibility index (Phi) is 5.37. The van der Waals surface area contributed by atoms with Crippen molar-refractivity contribution in [3.63, 3.8) is 0 Å². The lowest BCUT2D eigenvalue weighted by molar-refractivity contribution is 0.109. The fourth-order valence-corrected chi connectivity index (χ4v) is 1.28. The van der Waals surface area contributed by atoms with Gasteiger partial charge in [-0.3, -0.25) is 0 Å². The summed E-state index contributed by atoms with van der Waals surface area (Å²) >= 11 is 0. The molecule has 1 rings (SSSR count). The quantitative estimate of drug-likeness (QED) is 0.736. The van der Waals surface area contributed by atoms with Crippen molar-refractivity contribution in [1.82, 2.24) is 15.5 Å². The fraction of sp³-hybridized carbons (Fsp3) is 0.800. The molecule has 1 heterocycles. The Bertz CT molecular complexity index is 303. The van der Waals surface area contributed by atoms with Crippen molar-refractivity contribution in [3.05, 3.63) is 11.7 Å². The zero-order chi connectivity index (χ0) is 12.0. The third-order valence-electron chi connectivity index (χ3n) is 2.40. The number of aromatic nitrogens is 2. The van der Waals surface area contributed by atoms with Crippen molar-refractivity contribution in [2.45, 2.75) is 25.5 Å². The van der Waals surface area contributed by atoms with Gasteiger partial charge in [0.1, 0.15) is 6.10 Å². The Morgan fingerprint density at radius 1 is 1.44 bits per heavy atom. The highest BCUT2D eigenvalue weighted by Gasteiger charge is 2.16. The molecule has 6 heteroatoms. The molecule has 0 aliphatic heterocycles. The molecule has 0 spiro atoms. The molecule has 0 saturated carbocycles. The second-order valence-corrected chi connectivity index (χ2v) is 3.57. The molecule has 2 atom stereocenters. The van der Waals surface area contributed by atoms with Crippen LogP contribution in [0.15, 0.2) is 4.52 Å². The molecule has 16 heavy (non-hydrogen) atoms. The molecule has 0 radical (unpaired) electrons. The van der Waals surface area contributed by atoms with E-state index in [-0.39, 0.29) is 12.1 Å². The molecule has 92 valence electrons. The molecule has 0 bridgehead atoms.